The third kappa shape index (κ3) is 4.64. The first-order chi connectivity index (χ1) is 10.8. The molecule has 23 heavy (non-hydrogen) atoms. The molecule has 0 radical (unpaired) electrons. The number of hydrogen-bond acceptors (Lipinski definition) is 6. The third-order valence-corrected chi connectivity index (χ3v) is 3.04. The van der Waals surface area contributed by atoms with E-state index in [-0.39, 0.29) is 6.61 Å². The summed E-state index contributed by atoms with van der Waals surface area (Å²) in [5.74, 6) is 0. The lowest BCUT2D eigenvalue weighted by Gasteiger charge is -2.22. The molecular formula is C14H18ClN5O3. The van der Waals surface area contributed by atoms with Crippen LogP contribution in [0.25, 0.3) is 5.69 Å². The summed E-state index contributed by atoms with van der Waals surface area (Å²) in [6.07, 6.45) is 3.64. The third-order valence-electron chi connectivity index (χ3n) is 2.75. The van der Waals surface area contributed by atoms with Crippen LogP contribution in [0.4, 0.5) is 4.79 Å². The quantitative estimate of drug-likeness (QED) is 0.881. The molecule has 2 rings (SSSR count). The predicted octanol–water partition coefficient (Wildman–Crippen LogP) is 1.87. The van der Waals surface area contributed by atoms with Crippen molar-refractivity contribution in [1.29, 1.82) is 0 Å². The first kappa shape index (κ1) is 17.2. The van der Waals surface area contributed by atoms with E-state index in [0.29, 0.717) is 16.4 Å². The summed E-state index contributed by atoms with van der Waals surface area (Å²) in [5, 5.41) is 16.5. The maximum Gasteiger partial charge on any atom is 0.408 e. The molecule has 1 amide bonds. The van der Waals surface area contributed by atoms with Crippen molar-refractivity contribution in [2.24, 2.45) is 0 Å². The summed E-state index contributed by atoms with van der Waals surface area (Å²) in [4.78, 5) is 19.9. The normalized spacial score (nSPS) is 12.7. The van der Waals surface area contributed by atoms with E-state index in [4.69, 9.17) is 16.3 Å². The number of hydrogen-bond donors (Lipinski definition) is 2. The minimum Gasteiger partial charge on any atom is -0.444 e. The number of carbonyl (C=O) groups is 1. The number of halogens is 1. The summed E-state index contributed by atoms with van der Waals surface area (Å²) in [6, 6.07) is 0.888. The fraction of sp³-hybridized carbons (Fsp3) is 0.429. The number of rotatable bonds is 4. The number of ether oxygens (including phenoxy) is 1. The van der Waals surface area contributed by atoms with Gasteiger partial charge in [0.05, 0.1) is 29.1 Å². The van der Waals surface area contributed by atoms with Gasteiger partial charge in [-0.15, -0.1) is 0 Å². The predicted molar refractivity (Wildman–Crippen MR) is 83.4 cm³/mol. The molecule has 124 valence electrons. The van der Waals surface area contributed by atoms with E-state index in [2.05, 4.69) is 20.4 Å². The van der Waals surface area contributed by atoms with Crippen LogP contribution in [0.1, 0.15) is 32.5 Å². The van der Waals surface area contributed by atoms with Gasteiger partial charge in [0.1, 0.15) is 18.3 Å². The smallest absolute Gasteiger partial charge is 0.408 e. The Hall–Kier alpha value is -2.19. The SMILES string of the molecule is CC(C)(C)OC(=O)NC(CO)c1cc(-n2cncn2)c(Cl)cn1. The van der Waals surface area contributed by atoms with E-state index >= 15 is 0 Å². The van der Waals surface area contributed by atoms with Crippen LogP contribution in [-0.4, -0.2) is 43.2 Å². The number of aromatic nitrogens is 4. The zero-order chi connectivity index (χ0) is 17.0. The minimum atomic E-state index is -0.732. The molecule has 2 aromatic heterocycles. The molecule has 8 nitrogen and oxygen atoms in total. The van der Waals surface area contributed by atoms with Crippen LogP contribution >= 0.6 is 11.6 Å². The van der Waals surface area contributed by atoms with Crippen molar-refractivity contribution >= 4 is 17.7 Å². The second kappa shape index (κ2) is 6.93. The van der Waals surface area contributed by atoms with Gasteiger partial charge in [-0.2, -0.15) is 5.10 Å². The maximum absolute atomic E-state index is 11.9. The molecule has 0 aliphatic rings. The minimum absolute atomic E-state index is 0.343. The maximum atomic E-state index is 11.9. The highest BCUT2D eigenvalue weighted by molar-refractivity contribution is 6.32. The number of amides is 1. The molecule has 0 saturated carbocycles. The van der Waals surface area contributed by atoms with Crippen molar-refractivity contribution in [3.8, 4) is 5.69 Å². The average molecular weight is 340 g/mol. The van der Waals surface area contributed by atoms with Gasteiger partial charge in [0.25, 0.3) is 0 Å². The molecule has 2 N–H and O–H groups in total. The van der Waals surface area contributed by atoms with E-state index in [0.717, 1.165) is 0 Å². The summed E-state index contributed by atoms with van der Waals surface area (Å²) in [7, 11) is 0. The van der Waals surface area contributed by atoms with E-state index in [1.165, 1.54) is 23.5 Å². The van der Waals surface area contributed by atoms with Gasteiger partial charge in [0, 0.05) is 6.20 Å². The van der Waals surface area contributed by atoms with Crippen LogP contribution in [-0.2, 0) is 4.74 Å². The highest BCUT2D eigenvalue weighted by Gasteiger charge is 2.21. The Morgan fingerprint density at radius 1 is 1.52 bits per heavy atom. The Morgan fingerprint density at radius 2 is 2.26 bits per heavy atom. The van der Waals surface area contributed by atoms with Crippen molar-refractivity contribution in [2.75, 3.05) is 6.61 Å². The largest absolute Gasteiger partial charge is 0.444 e. The van der Waals surface area contributed by atoms with Crippen LogP contribution in [0.15, 0.2) is 24.9 Å². The topological polar surface area (TPSA) is 102 Å². The van der Waals surface area contributed by atoms with Crippen molar-refractivity contribution in [3.05, 3.63) is 35.6 Å². The summed E-state index contributed by atoms with van der Waals surface area (Å²) in [6.45, 7) is 4.92. The number of aliphatic hydroxyl groups excluding tert-OH is 1. The number of nitrogens with one attached hydrogen (secondary N) is 1. The lowest BCUT2D eigenvalue weighted by molar-refractivity contribution is 0.0480. The van der Waals surface area contributed by atoms with Crippen molar-refractivity contribution in [3.63, 3.8) is 0 Å². The molecule has 9 heteroatoms. The number of carbonyl (C=O) groups excluding carboxylic acids is 1. The number of nitrogens with zero attached hydrogens (tertiary/aromatic N) is 4. The van der Waals surface area contributed by atoms with Gasteiger partial charge < -0.3 is 15.2 Å². The van der Waals surface area contributed by atoms with Crippen LogP contribution < -0.4 is 5.32 Å². The van der Waals surface area contributed by atoms with Gasteiger partial charge in [0.2, 0.25) is 0 Å². The van der Waals surface area contributed by atoms with Gasteiger partial charge in [-0.25, -0.2) is 14.5 Å². The first-order valence-corrected chi connectivity index (χ1v) is 7.29. The number of pyridine rings is 1. The Balaban J connectivity index is 2.22. The van der Waals surface area contributed by atoms with Gasteiger partial charge in [-0.05, 0) is 26.8 Å². The second-order valence-electron chi connectivity index (χ2n) is 5.78. The molecule has 0 saturated heterocycles. The highest BCUT2D eigenvalue weighted by atomic mass is 35.5. The number of aliphatic hydroxyl groups is 1. The summed E-state index contributed by atoms with van der Waals surface area (Å²) < 4.78 is 6.64. The summed E-state index contributed by atoms with van der Waals surface area (Å²) >= 11 is 6.10. The van der Waals surface area contributed by atoms with E-state index in [1.807, 2.05) is 0 Å². The zero-order valence-corrected chi connectivity index (χ0v) is 13.8. The van der Waals surface area contributed by atoms with Crippen LogP contribution in [0.3, 0.4) is 0 Å². The Kier molecular flexibility index (Phi) is 5.17. The second-order valence-corrected chi connectivity index (χ2v) is 6.19. The Morgan fingerprint density at radius 3 is 2.83 bits per heavy atom. The molecule has 0 aromatic carbocycles. The van der Waals surface area contributed by atoms with Gasteiger partial charge in [0.15, 0.2) is 0 Å². The lowest BCUT2D eigenvalue weighted by Crippen LogP contribution is -2.36. The molecule has 1 atom stereocenters. The molecule has 2 heterocycles. The zero-order valence-electron chi connectivity index (χ0n) is 13.0. The molecule has 0 fully saturated rings. The standard InChI is InChI=1S/C14H18ClN5O3/c1-14(2,3)23-13(22)19-11(6-21)10-4-12(9(15)5-17-10)20-8-16-7-18-20/h4-5,7-8,11,21H,6H2,1-3H3,(H,19,22). The molecule has 0 aliphatic heterocycles. The molecular weight excluding hydrogens is 322 g/mol. The van der Waals surface area contributed by atoms with E-state index in [1.54, 1.807) is 26.8 Å². The van der Waals surface area contributed by atoms with Crippen molar-refractivity contribution in [2.45, 2.75) is 32.4 Å². The number of alkyl carbamates (subject to hydrolysis) is 1. The monoisotopic (exact) mass is 339 g/mol. The molecule has 1 unspecified atom stereocenters. The molecule has 0 aliphatic carbocycles. The average Bonchev–Trinajstić information content (AvgIpc) is 2.97. The first-order valence-electron chi connectivity index (χ1n) is 6.91. The Labute approximate surface area is 138 Å². The molecule has 2 aromatic rings. The lowest BCUT2D eigenvalue weighted by atomic mass is 10.2. The summed E-state index contributed by atoms with van der Waals surface area (Å²) in [5.41, 5.74) is 0.329. The van der Waals surface area contributed by atoms with Gasteiger partial charge in [-0.1, -0.05) is 11.6 Å². The molecule has 0 bridgehead atoms. The fourth-order valence-electron chi connectivity index (χ4n) is 1.81. The van der Waals surface area contributed by atoms with Crippen molar-refractivity contribution in [1.82, 2.24) is 25.1 Å². The van der Waals surface area contributed by atoms with Crippen LogP contribution in [0.5, 0.6) is 0 Å². The fourth-order valence-corrected chi connectivity index (χ4v) is 2.00. The highest BCUT2D eigenvalue weighted by Crippen LogP contribution is 2.22. The van der Waals surface area contributed by atoms with Gasteiger partial charge >= 0.3 is 6.09 Å². The van der Waals surface area contributed by atoms with E-state index < -0.39 is 17.7 Å². The molecule has 0 spiro atoms. The Bertz CT molecular complexity index is 670. The van der Waals surface area contributed by atoms with Gasteiger partial charge in [-0.3, -0.25) is 4.98 Å². The van der Waals surface area contributed by atoms with Crippen LogP contribution in [0.2, 0.25) is 5.02 Å². The van der Waals surface area contributed by atoms with Crippen molar-refractivity contribution < 1.29 is 14.6 Å². The van der Waals surface area contributed by atoms with Crippen LogP contribution in [0, 0.1) is 0 Å². The van der Waals surface area contributed by atoms with E-state index in [9.17, 15) is 9.90 Å².